The Morgan fingerprint density at radius 1 is 1.47 bits per heavy atom. The molecule has 0 bridgehead atoms. The number of nitrogens with zero attached hydrogens (tertiary/aromatic N) is 2. The van der Waals surface area contributed by atoms with E-state index < -0.39 is 0 Å². The zero-order valence-corrected chi connectivity index (χ0v) is 10.4. The Kier molecular flexibility index (Phi) is 3.00. The van der Waals surface area contributed by atoms with Crippen molar-refractivity contribution in [1.82, 2.24) is 14.9 Å². The summed E-state index contributed by atoms with van der Waals surface area (Å²) in [7, 11) is 1.78. The van der Waals surface area contributed by atoms with Gasteiger partial charge in [0, 0.05) is 37.9 Å². The number of hydrogen-bond acceptors (Lipinski definition) is 3. The standard InChI is InChI=1S/C12H17N3O2/c1-7(2)12-13-9(5-10(16)14-12)8-4-11(17)15(3)6-8/h5,7-8H,4,6H2,1-3H3,(H,13,14,16)/t8-/m0/s1. The van der Waals surface area contributed by atoms with Crippen LogP contribution in [-0.4, -0.2) is 34.4 Å². The van der Waals surface area contributed by atoms with Gasteiger partial charge in [-0.05, 0) is 0 Å². The molecule has 1 aliphatic rings. The van der Waals surface area contributed by atoms with Crippen LogP contribution in [0.2, 0.25) is 0 Å². The van der Waals surface area contributed by atoms with Gasteiger partial charge in [0.1, 0.15) is 5.82 Å². The Balaban J connectivity index is 2.33. The summed E-state index contributed by atoms with van der Waals surface area (Å²) >= 11 is 0. The molecule has 1 atom stereocenters. The quantitative estimate of drug-likeness (QED) is 0.826. The summed E-state index contributed by atoms with van der Waals surface area (Å²) in [5, 5.41) is 0. The lowest BCUT2D eigenvalue weighted by Gasteiger charge is -2.11. The number of nitrogens with one attached hydrogen (secondary N) is 1. The molecule has 1 aromatic rings. The Bertz CT molecular complexity index is 493. The smallest absolute Gasteiger partial charge is 0.251 e. The number of likely N-dealkylation sites (N-methyl/N-ethyl adjacent to an activating group) is 1. The van der Waals surface area contributed by atoms with Crippen LogP contribution < -0.4 is 5.56 Å². The number of hydrogen-bond donors (Lipinski definition) is 1. The van der Waals surface area contributed by atoms with Crippen LogP contribution in [0.3, 0.4) is 0 Å². The molecule has 1 fully saturated rings. The first-order valence-corrected chi connectivity index (χ1v) is 5.82. The van der Waals surface area contributed by atoms with E-state index in [4.69, 9.17) is 0 Å². The molecule has 17 heavy (non-hydrogen) atoms. The van der Waals surface area contributed by atoms with E-state index in [0.717, 1.165) is 5.69 Å². The highest BCUT2D eigenvalue weighted by Gasteiger charge is 2.29. The highest BCUT2D eigenvalue weighted by molar-refractivity contribution is 5.79. The average Bonchev–Trinajstić information content (AvgIpc) is 2.58. The van der Waals surface area contributed by atoms with Crippen LogP contribution in [0.1, 0.15) is 43.6 Å². The number of carbonyl (C=O) groups excluding carboxylic acids is 1. The third-order valence-corrected chi connectivity index (χ3v) is 3.09. The Morgan fingerprint density at radius 3 is 2.71 bits per heavy atom. The fourth-order valence-electron chi connectivity index (χ4n) is 2.04. The van der Waals surface area contributed by atoms with Gasteiger partial charge in [0.25, 0.3) is 5.56 Å². The molecule has 5 heteroatoms. The largest absolute Gasteiger partial charge is 0.345 e. The van der Waals surface area contributed by atoms with Gasteiger partial charge in [-0.15, -0.1) is 0 Å². The molecule has 1 N–H and O–H groups in total. The third-order valence-electron chi connectivity index (χ3n) is 3.09. The van der Waals surface area contributed by atoms with Crippen molar-refractivity contribution in [2.45, 2.75) is 32.1 Å². The van der Waals surface area contributed by atoms with E-state index in [1.807, 2.05) is 13.8 Å². The minimum absolute atomic E-state index is 0.0484. The van der Waals surface area contributed by atoms with Gasteiger partial charge in [-0.3, -0.25) is 9.59 Å². The molecule has 0 saturated carbocycles. The lowest BCUT2D eigenvalue weighted by atomic mass is 10.0. The van der Waals surface area contributed by atoms with E-state index in [2.05, 4.69) is 9.97 Å². The van der Waals surface area contributed by atoms with E-state index in [0.29, 0.717) is 18.8 Å². The normalized spacial score (nSPS) is 20.4. The van der Waals surface area contributed by atoms with Crippen molar-refractivity contribution >= 4 is 5.91 Å². The molecule has 5 nitrogen and oxygen atoms in total. The van der Waals surface area contributed by atoms with Gasteiger partial charge in [-0.2, -0.15) is 0 Å². The zero-order chi connectivity index (χ0) is 12.6. The maximum atomic E-state index is 11.5. The van der Waals surface area contributed by atoms with E-state index in [9.17, 15) is 9.59 Å². The molecule has 0 radical (unpaired) electrons. The van der Waals surface area contributed by atoms with Gasteiger partial charge in [-0.1, -0.05) is 13.8 Å². The highest BCUT2D eigenvalue weighted by atomic mass is 16.2. The predicted octanol–water partition coefficient (Wildman–Crippen LogP) is 0.839. The Morgan fingerprint density at radius 2 is 2.18 bits per heavy atom. The van der Waals surface area contributed by atoms with Gasteiger partial charge in [0.15, 0.2) is 0 Å². The topological polar surface area (TPSA) is 66.1 Å². The molecule has 1 amide bonds. The van der Waals surface area contributed by atoms with Crippen LogP contribution in [0, 0.1) is 0 Å². The number of aromatic amines is 1. The third kappa shape index (κ3) is 2.38. The van der Waals surface area contributed by atoms with Crippen molar-refractivity contribution in [3.05, 3.63) is 27.9 Å². The van der Waals surface area contributed by atoms with Crippen molar-refractivity contribution in [3.63, 3.8) is 0 Å². The zero-order valence-electron chi connectivity index (χ0n) is 10.4. The van der Waals surface area contributed by atoms with Crippen molar-refractivity contribution < 1.29 is 4.79 Å². The summed E-state index contributed by atoms with van der Waals surface area (Å²) in [5.41, 5.74) is 0.593. The molecule has 0 unspecified atom stereocenters. The minimum Gasteiger partial charge on any atom is -0.345 e. The number of likely N-dealkylation sites (tertiary alicyclic amines) is 1. The van der Waals surface area contributed by atoms with Crippen molar-refractivity contribution in [2.75, 3.05) is 13.6 Å². The molecule has 0 aliphatic carbocycles. The summed E-state index contributed by atoms with van der Waals surface area (Å²) in [4.78, 5) is 31.9. The van der Waals surface area contributed by atoms with Crippen molar-refractivity contribution in [3.8, 4) is 0 Å². The van der Waals surface area contributed by atoms with Crippen LogP contribution in [0.4, 0.5) is 0 Å². The molecule has 2 heterocycles. The lowest BCUT2D eigenvalue weighted by Crippen LogP contribution is -2.20. The molecule has 2 rings (SSSR count). The first kappa shape index (κ1) is 11.8. The lowest BCUT2D eigenvalue weighted by molar-refractivity contribution is -0.126. The number of H-pyrrole nitrogens is 1. The number of amides is 1. The maximum absolute atomic E-state index is 11.5. The fraction of sp³-hybridized carbons (Fsp3) is 0.583. The molecule has 1 saturated heterocycles. The maximum Gasteiger partial charge on any atom is 0.251 e. The second kappa shape index (κ2) is 4.31. The summed E-state index contributed by atoms with van der Waals surface area (Å²) in [6.45, 7) is 4.61. The molecule has 1 aliphatic heterocycles. The molecular weight excluding hydrogens is 218 g/mol. The van der Waals surface area contributed by atoms with Crippen LogP contribution >= 0.6 is 0 Å². The molecule has 92 valence electrons. The van der Waals surface area contributed by atoms with Gasteiger partial charge in [0.05, 0.1) is 5.69 Å². The highest BCUT2D eigenvalue weighted by Crippen LogP contribution is 2.25. The Labute approximate surface area is 99.9 Å². The molecule has 0 spiro atoms. The van der Waals surface area contributed by atoms with Crippen LogP contribution in [0.15, 0.2) is 10.9 Å². The monoisotopic (exact) mass is 235 g/mol. The van der Waals surface area contributed by atoms with Gasteiger partial charge >= 0.3 is 0 Å². The van der Waals surface area contributed by atoms with Crippen LogP contribution in [0.25, 0.3) is 0 Å². The van der Waals surface area contributed by atoms with Gasteiger partial charge in [0.2, 0.25) is 5.91 Å². The van der Waals surface area contributed by atoms with E-state index in [1.54, 1.807) is 11.9 Å². The summed E-state index contributed by atoms with van der Waals surface area (Å²) < 4.78 is 0. The summed E-state index contributed by atoms with van der Waals surface area (Å²) in [6, 6.07) is 1.50. The second-order valence-electron chi connectivity index (χ2n) is 4.89. The van der Waals surface area contributed by atoms with Crippen molar-refractivity contribution in [2.24, 2.45) is 0 Å². The number of rotatable bonds is 2. The minimum atomic E-state index is -0.138. The van der Waals surface area contributed by atoms with Gasteiger partial charge < -0.3 is 9.88 Å². The SMILES string of the molecule is CC(C)c1nc([C@H]2CC(=O)N(C)C2)cc(=O)[nH]1. The average molecular weight is 235 g/mol. The van der Waals surface area contributed by atoms with E-state index >= 15 is 0 Å². The van der Waals surface area contributed by atoms with Crippen LogP contribution in [0.5, 0.6) is 0 Å². The molecule has 0 aromatic carbocycles. The summed E-state index contributed by atoms with van der Waals surface area (Å²) in [6.07, 6.45) is 0.449. The predicted molar refractivity (Wildman–Crippen MR) is 63.9 cm³/mol. The molecule has 1 aromatic heterocycles. The first-order valence-electron chi connectivity index (χ1n) is 5.82. The van der Waals surface area contributed by atoms with E-state index in [1.165, 1.54) is 6.07 Å². The second-order valence-corrected chi connectivity index (χ2v) is 4.89. The fourth-order valence-corrected chi connectivity index (χ4v) is 2.04. The summed E-state index contributed by atoms with van der Waals surface area (Å²) in [5.74, 6) is 1.03. The number of aromatic nitrogens is 2. The first-order chi connectivity index (χ1) is 7.97. The Hall–Kier alpha value is -1.65. The van der Waals surface area contributed by atoms with Crippen LogP contribution in [-0.2, 0) is 4.79 Å². The van der Waals surface area contributed by atoms with Gasteiger partial charge in [-0.25, -0.2) is 4.98 Å². The number of carbonyl (C=O) groups is 1. The van der Waals surface area contributed by atoms with E-state index in [-0.39, 0.29) is 23.3 Å². The molecular formula is C12H17N3O2. The van der Waals surface area contributed by atoms with Crippen molar-refractivity contribution in [1.29, 1.82) is 0 Å².